The van der Waals surface area contributed by atoms with Gasteiger partial charge in [0, 0.05) is 16.0 Å². The second-order valence-electron chi connectivity index (χ2n) is 8.12. The highest BCUT2D eigenvalue weighted by Crippen LogP contribution is 2.37. The minimum Gasteiger partial charge on any atom is -0.490 e. The van der Waals surface area contributed by atoms with E-state index in [4.69, 9.17) is 26.1 Å². The standard InChI is InChI=1S/C29H22ClIN2O3S/c1-2-35-25-15-18(14-23(31)27(25)36-17-20-9-4-6-12-22(20)30)16-26-28(34)33-29(37-26)32-24-13-7-10-19-8-3-5-11-21(19)24/h3-16H,2,17H2,1H3,(H,32,33,34). The molecule has 5 nitrogen and oxygen atoms in total. The van der Waals surface area contributed by atoms with Gasteiger partial charge in [0.05, 0.1) is 20.8 Å². The van der Waals surface area contributed by atoms with E-state index in [1.807, 2.05) is 91.9 Å². The fraction of sp³-hybridized carbons (Fsp3) is 0.103. The van der Waals surface area contributed by atoms with Gasteiger partial charge in [0.2, 0.25) is 0 Å². The molecule has 1 saturated heterocycles. The molecule has 1 heterocycles. The number of ether oxygens (including phenoxy) is 2. The Labute approximate surface area is 238 Å². The monoisotopic (exact) mass is 640 g/mol. The number of nitrogens with one attached hydrogen (secondary N) is 1. The van der Waals surface area contributed by atoms with E-state index in [2.05, 4.69) is 27.9 Å². The number of carbonyl (C=O) groups is 1. The van der Waals surface area contributed by atoms with Crippen molar-refractivity contribution in [1.29, 1.82) is 0 Å². The van der Waals surface area contributed by atoms with Crippen LogP contribution in [0.1, 0.15) is 18.1 Å². The van der Waals surface area contributed by atoms with Crippen LogP contribution in [0.3, 0.4) is 0 Å². The number of fused-ring (bicyclic) bond motifs is 1. The van der Waals surface area contributed by atoms with Crippen molar-refractivity contribution in [2.24, 2.45) is 4.99 Å². The lowest BCUT2D eigenvalue weighted by Gasteiger charge is -2.15. The topological polar surface area (TPSA) is 59.9 Å². The first-order valence-corrected chi connectivity index (χ1v) is 13.9. The maximum atomic E-state index is 12.7. The molecule has 37 heavy (non-hydrogen) atoms. The van der Waals surface area contributed by atoms with Gasteiger partial charge in [-0.2, -0.15) is 0 Å². The van der Waals surface area contributed by atoms with Gasteiger partial charge >= 0.3 is 0 Å². The number of hydrogen-bond donors (Lipinski definition) is 1. The third-order valence-electron chi connectivity index (χ3n) is 5.60. The summed E-state index contributed by atoms with van der Waals surface area (Å²) in [5, 5.41) is 6.22. The molecule has 0 saturated carbocycles. The third-order valence-corrected chi connectivity index (χ3v) is 7.68. The van der Waals surface area contributed by atoms with Crippen LogP contribution in [-0.4, -0.2) is 17.7 Å². The van der Waals surface area contributed by atoms with Crippen LogP contribution in [0.2, 0.25) is 5.02 Å². The van der Waals surface area contributed by atoms with Crippen molar-refractivity contribution in [3.8, 4) is 11.5 Å². The summed E-state index contributed by atoms with van der Waals surface area (Å²) in [5.74, 6) is 1.07. The zero-order valence-electron chi connectivity index (χ0n) is 19.8. The van der Waals surface area contributed by atoms with Crippen molar-refractivity contribution in [2.45, 2.75) is 13.5 Å². The summed E-state index contributed by atoms with van der Waals surface area (Å²) in [6.45, 7) is 2.73. The zero-order valence-corrected chi connectivity index (χ0v) is 23.6. The lowest BCUT2D eigenvalue weighted by molar-refractivity contribution is -0.115. The Balaban J connectivity index is 1.40. The molecule has 0 spiro atoms. The van der Waals surface area contributed by atoms with Gasteiger partial charge in [0.15, 0.2) is 16.7 Å². The number of amides is 1. The van der Waals surface area contributed by atoms with E-state index in [0.29, 0.717) is 39.8 Å². The van der Waals surface area contributed by atoms with E-state index >= 15 is 0 Å². The normalized spacial score (nSPS) is 15.4. The van der Waals surface area contributed by atoms with E-state index in [-0.39, 0.29) is 5.91 Å². The lowest BCUT2D eigenvalue weighted by atomic mass is 10.1. The summed E-state index contributed by atoms with van der Waals surface area (Å²) < 4.78 is 12.9. The van der Waals surface area contributed by atoms with Gasteiger partial charge in [-0.3, -0.25) is 4.79 Å². The maximum Gasteiger partial charge on any atom is 0.264 e. The molecule has 4 aromatic rings. The highest BCUT2D eigenvalue weighted by molar-refractivity contribution is 14.1. The molecule has 1 N–H and O–H groups in total. The first-order valence-electron chi connectivity index (χ1n) is 11.6. The lowest BCUT2D eigenvalue weighted by Crippen LogP contribution is -2.19. The van der Waals surface area contributed by atoms with E-state index in [1.165, 1.54) is 11.8 Å². The molecule has 5 rings (SSSR count). The summed E-state index contributed by atoms with van der Waals surface area (Å²) in [6, 6.07) is 25.4. The molecule has 1 fully saturated rings. The number of carbonyl (C=O) groups excluding carboxylic acids is 1. The average molecular weight is 641 g/mol. The second-order valence-corrected chi connectivity index (χ2v) is 10.7. The van der Waals surface area contributed by atoms with Gasteiger partial charge in [0.25, 0.3) is 5.91 Å². The Morgan fingerprint density at radius 2 is 1.81 bits per heavy atom. The molecule has 0 aliphatic carbocycles. The van der Waals surface area contributed by atoms with Crippen molar-refractivity contribution in [3.05, 3.63) is 103 Å². The molecular weight excluding hydrogens is 619 g/mol. The Morgan fingerprint density at radius 3 is 2.65 bits per heavy atom. The van der Waals surface area contributed by atoms with Crippen LogP contribution in [0.15, 0.2) is 88.8 Å². The molecule has 0 radical (unpaired) electrons. The minimum atomic E-state index is -0.184. The fourth-order valence-corrected chi connectivity index (χ4v) is 5.69. The summed E-state index contributed by atoms with van der Waals surface area (Å²) in [4.78, 5) is 18.0. The largest absolute Gasteiger partial charge is 0.490 e. The van der Waals surface area contributed by atoms with E-state index < -0.39 is 0 Å². The van der Waals surface area contributed by atoms with Gasteiger partial charge in [-0.15, -0.1) is 0 Å². The van der Waals surface area contributed by atoms with Crippen molar-refractivity contribution >= 4 is 79.6 Å². The summed E-state index contributed by atoms with van der Waals surface area (Å²) in [5.41, 5.74) is 2.54. The fourth-order valence-electron chi connectivity index (χ4n) is 3.89. The van der Waals surface area contributed by atoms with Gasteiger partial charge < -0.3 is 14.8 Å². The van der Waals surface area contributed by atoms with Gasteiger partial charge in [-0.1, -0.05) is 66.2 Å². The van der Waals surface area contributed by atoms with Crippen molar-refractivity contribution in [3.63, 3.8) is 0 Å². The summed E-state index contributed by atoms with van der Waals surface area (Å²) in [6.07, 6.45) is 1.84. The molecule has 0 bridgehead atoms. The Kier molecular flexibility index (Phi) is 8.02. The van der Waals surface area contributed by atoms with Crippen molar-refractivity contribution in [2.75, 3.05) is 6.61 Å². The van der Waals surface area contributed by atoms with Crippen LogP contribution in [-0.2, 0) is 11.4 Å². The third kappa shape index (κ3) is 5.95. The number of amidine groups is 1. The predicted molar refractivity (Wildman–Crippen MR) is 161 cm³/mol. The zero-order chi connectivity index (χ0) is 25.8. The number of hydrogen-bond acceptors (Lipinski definition) is 5. The highest BCUT2D eigenvalue weighted by atomic mass is 127. The molecule has 0 atom stereocenters. The average Bonchev–Trinajstić information content (AvgIpc) is 3.23. The van der Waals surface area contributed by atoms with Gasteiger partial charge in [-0.05, 0) is 82.6 Å². The summed E-state index contributed by atoms with van der Waals surface area (Å²) in [7, 11) is 0. The number of benzene rings is 4. The second kappa shape index (κ2) is 11.6. The van der Waals surface area contributed by atoms with Crippen LogP contribution >= 0.6 is 46.0 Å². The quantitative estimate of drug-likeness (QED) is 0.164. The molecular formula is C29H22ClIN2O3S. The SMILES string of the molecule is CCOc1cc(C=C2SC(=Nc3cccc4ccccc34)NC2=O)cc(I)c1OCc1ccccc1Cl. The molecule has 1 aliphatic rings. The van der Waals surface area contributed by atoms with Gasteiger partial charge in [-0.25, -0.2) is 4.99 Å². The molecule has 0 unspecified atom stereocenters. The molecule has 186 valence electrons. The number of halogens is 2. The smallest absolute Gasteiger partial charge is 0.264 e. The van der Waals surface area contributed by atoms with Crippen molar-refractivity contribution in [1.82, 2.24) is 5.32 Å². The Morgan fingerprint density at radius 1 is 1.03 bits per heavy atom. The van der Waals surface area contributed by atoms with Crippen molar-refractivity contribution < 1.29 is 14.3 Å². The Hall–Kier alpha value is -3.01. The number of nitrogens with zero attached hydrogens (tertiary/aromatic N) is 1. The molecule has 0 aromatic heterocycles. The van der Waals surface area contributed by atoms with E-state index in [0.717, 1.165) is 31.2 Å². The van der Waals surface area contributed by atoms with Crippen LogP contribution < -0.4 is 14.8 Å². The molecule has 4 aromatic carbocycles. The van der Waals surface area contributed by atoms with Crippen LogP contribution in [0.4, 0.5) is 5.69 Å². The first-order chi connectivity index (χ1) is 18.0. The van der Waals surface area contributed by atoms with Gasteiger partial charge in [0.1, 0.15) is 6.61 Å². The number of aliphatic imine (C=N–C) groups is 1. The van der Waals surface area contributed by atoms with E-state index in [1.54, 1.807) is 0 Å². The minimum absolute atomic E-state index is 0.184. The summed E-state index contributed by atoms with van der Waals surface area (Å²) >= 11 is 9.83. The van der Waals surface area contributed by atoms with Crippen LogP contribution in [0, 0.1) is 3.57 Å². The maximum absolute atomic E-state index is 12.7. The molecule has 8 heteroatoms. The first kappa shape index (κ1) is 25.6. The molecule has 1 aliphatic heterocycles. The predicted octanol–water partition coefficient (Wildman–Crippen LogP) is 7.97. The number of rotatable bonds is 7. The van der Waals surface area contributed by atoms with E-state index in [9.17, 15) is 4.79 Å². The number of thioether (sulfide) groups is 1. The highest BCUT2D eigenvalue weighted by Gasteiger charge is 2.24. The Bertz CT molecular complexity index is 1550. The van der Waals surface area contributed by atoms with Crippen LogP contribution in [0.25, 0.3) is 16.8 Å². The molecule has 1 amide bonds. The van der Waals surface area contributed by atoms with Crippen LogP contribution in [0.5, 0.6) is 11.5 Å².